The maximum Gasteiger partial charge on any atom is 0.193 e. The van der Waals surface area contributed by atoms with Crippen molar-refractivity contribution in [2.45, 2.75) is 19.9 Å². The van der Waals surface area contributed by atoms with Crippen LogP contribution in [0.3, 0.4) is 0 Å². The summed E-state index contributed by atoms with van der Waals surface area (Å²) in [4.78, 5) is 11.1. The maximum atomic E-state index is 5.51. The van der Waals surface area contributed by atoms with Crippen LogP contribution in [0.5, 0.6) is 5.75 Å². The van der Waals surface area contributed by atoms with E-state index in [1.807, 2.05) is 45.4 Å². The largest absolute Gasteiger partial charge is 0.494 e. The van der Waals surface area contributed by atoms with Crippen molar-refractivity contribution in [2.75, 3.05) is 27.2 Å². The van der Waals surface area contributed by atoms with Gasteiger partial charge in [-0.2, -0.15) is 0 Å². The van der Waals surface area contributed by atoms with E-state index < -0.39 is 0 Å². The molecule has 0 aliphatic carbocycles. The van der Waals surface area contributed by atoms with Crippen LogP contribution < -0.4 is 10.1 Å². The van der Waals surface area contributed by atoms with Gasteiger partial charge in [0, 0.05) is 38.8 Å². The topological polar surface area (TPSA) is 49.8 Å². The van der Waals surface area contributed by atoms with Gasteiger partial charge in [-0.15, -0.1) is 0 Å². The van der Waals surface area contributed by atoms with E-state index in [1.165, 1.54) is 16.5 Å². The van der Waals surface area contributed by atoms with Gasteiger partial charge in [0.15, 0.2) is 5.96 Å². The second-order valence-electron chi connectivity index (χ2n) is 6.65. The average Bonchev–Trinajstić information content (AvgIpc) is 2.73. The third kappa shape index (κ3) is 5.00. The molecule has 3 rings (SSSR count). The quantitative estimate of drug-likeness (QED) is 0.502. The van der Waals surface area contributed by atoms with Crippen molar-refractivity contribution in [3.05, 3.63) is 71.9 Å². The monoisotopic (exact) mass is 376 g/mol. The van der Waals surface area contributed by atoms with Crippen LogP contribution in [0.1, 0.15) is 18.1 Å². The number of aromatic nitrogens is 1. The summed E-state index contributed by atoms with van der Waals surface area (Å²) in [6.45, 7) is 4.26. The van der Waals surface area contributed by atoms with Crippen LogP contribution in [0.25, 0.3) is 10.9 Å². The Morgan fingerprint density at radius 2 is 1.89 bits per heavy atom. The number of hydrogen-bond donors (Lipinski definition) is 1. The Morgan fingerprint density at radius 1 is 1.11 bits per heavy atom. The minimum Gasteiger partial charge on any atom is -0.494 e. The summed E-state index contributed by atoms with van der Waals surface area (Å²) in [7, 11) is 3.86. The molecule has 0 amide bonds. The van der Waals surface area contributed by atoms with Gasteiger partial charge in [-0.25, -0.2) is 0 Å². The Labute approximate surface area is 167 Å². The maximum absolute atomic E-state index is 5.51. The highest BCUT2D eigenvalue weighted by Gasteiger charge is 2.08. The van der Waals surface area contributed by atoms with Crippen LogP contribution in [-0.4, -0.2) is 43.1 Å². The molecule has 0 aliphatic rings. The molecule has 5 heteroatoms. The second-order valence-corrected chi connectivity index (χ2v) is 6.65. The summed E-state index contributed by atoms with van der Waals surface area (Å²) < 4.78 is 5.51. The van der Waals surface area contributed by atoms with E-state index in [0.717, 1.165) is 36.7 Å². The Morgan fingerprint density at radius 3 is 2.64 bits per heavy atom. The standard InChI is InChI=1S/C23H28N4O/c1-4-28-21-12-10-18(11-13-21)17-27(3)23(24-2)26-16-14-20-8-5-7-19-9-6-15-25-22(19)20/h5-13,15H,4,14,16-17H2,1-3H3,(H,24,26). The SMILES string of the molecule is CCOc1ccc(CN(C)C(=NC)NCCc2cccc3cccnc23)cc1. The van der Waals surface area contributed by atoms with E-state index in [2.05, 4.69) is 56.6 Å². The number of fused-ring (bicyclic) bond motifs is 1. The molecule has 2 aromatic carbocycles. The fourth-order valence-electron chi connectivity index (χ4n) is 3.27. The minimum atomic E-state index is 0.683. The van der Waals surface area contributed by atoms with Crippen LogP contribution in [0, 0.1) is 0 Å². The van der Waals surface area contributed by atoms with E-state index in [1.54, 1.807) is 0 Å². The average molecular weight is 377 g/mol. The Hall–Kier alpha value is -3.08. The van der Waals surface area contributed by atoms with Crippen LogP contribution >= 0.6 is 0 Å². The number of benzene rings is 2. The molecular weight excluding hydrogens is 348 g/mol. The fraction of sp³-hybridized carbons (Fsp3) is 0.304. The third-order valence-electron chi connectivity index (χ3n) is 4.62. The van der Waals surface area contributed by atoms with Crippen molar-refractivity contribution in [1.82, 2.24) is 15.2 Å². The summed E-state index contributed by atoms with van der Waals surface area (Å²) >= 11 is 0. The van der Waals surface area contributed by atoms with Gasteiger partial charge in [0.1, 0.15) is 5.75 Å². The molecular formula is C23H28N4O. The number of para-hydroxylation sites is 1. The van der Waals surface area contributed by atoms with Gasteiger partial charge < -0.3 is 15.0 Å². The number of nitrogens with zero attached hydrogens (tertiary/aromatic N) is 3. The molecule has 0 fully saturated rings. The lowest BCUT2D eigenvalue weighted by atomic mass is 10.1. The summed E-state index contributed by atoms with van der Waals surface area (Å²) in [6, 6.07) is 18.6. The lowest BCUT2D eigenvalue weighted by Gasteiger charge is -2.22. The first kappa shape index (κ1) is 19.7. The van der Waals surface area contributed by atoms with Gasteiger partial charge in [-0.1, -0.05) is 36.4 Å². The molecule has 28 heavy (non-hydrogen) atoms. The van der Waals surface area contributed by atoms with Crippen LogP contribution in [0.2, 0.25) is 0 Å². The zero-order chi connectivity index (χ0) is 19.8. The summed E-state index contributed by atoms with van der Waals surface area (Å²) in [5.41, 5.74) is 3.53. The number of pyridine rings is 1. The molecule has 0 spiro atoms. The lowest BCUT2D eigenvalue weighted by molar-refractivity contribution is 0.340. The predicted molar refractivity (Wildman–Crippen MR) is 116 cm³/mol. The first-order chi connectivity index (χ1) is 13.7. The van der Waals surface area contributed by atoms with Crippen molar-refractivity contribution < 1.29 is 4.74 Å². The number of ether oxygens (including phenoxy) is 1. The smallest absolute Gasteiger partial charge is 0.193 e. The van der Waals surface area contributed by atoms with Gasteiger partial charge in [0.2, 0.25) is 0 Å². The van der Waals surface area contributed by atoms with Crippen molar-refractivity contribution in [3.63, 3.8) is 0 Å². The van der Waals surface area contributed by atoms with Crippen LogP contribution in [0.15, 0.2) is 65.8 Å². The first-order valence-corrected chi connectivity index (χ1v) is 9.67. The molecule has 146 valence electrons. The van der Waals surface area contributed by atoms with Gasteiger partial charge in [0.05, 0.1) is 12.1 Å². The molecule has 0 saturated heterocycles. The number of guanidine groups is 1. The number of rotatable bonds is 7. The minimum absolute atomic E-state index is 0.683. The Bertz CT molecular complexity index is 916. The molecule has 0 atom stereocenters. The zero-order valence-electron chi connectivity index (χ0n) is 16.9. The van der Waals surface area contributed by atoms with Gasteiger partial charge in [-0.3, -0.25) is 9.98 Å². The number of hydrogen-bond acceptors (Lipinski definition) is 3. The number of nitrogens with one attached hydrogen (secondary N) is 1. The highest BCUT2D eigenvalue weighted by Crippen LogP contribution is 2.16. The fourth-order valence-corrected chi connectivity index (χ4v) is 3.27. The first-order valence-electron chi connectivity index (χ1n) is 9.67. The van der Waals surface area contributed by atoms with Gasteiger partial charge in [-0.05, 0) is 42.7 Å². The van der Waals surface area contributed by atoms with E-state index >= 15 is 0 Å². The lowest BCUT2D eigenvalue weighted by Crippen LogP contribution is -2.39. The normalized spacial score (nSPS) is 11.5. The van der Waals surface area contributed by atoms with E-state index in [0.29, 0.717) is 6.61 Å². The predicted octanol–water partition coefficient (Wildman–Crippen LogP) is 3.88. The van der Waals surface area contributed by atoms with Crippen molar-refractivity contribution in [2.24, 2.45) is 4.99 Å². The third-order valence-corrected chi connectivity index (χ3v) is 4.62. The zero-order valence-corrected chi connectivity index (χ0v) is 16.9. The van der Waals surface area contributed by atoms with E-state index in [-0.39, 0.29) is 0 Å². The molecule has 3 aromatic rings. The molecule has 0 saturated carbocycles. The van der Waals surface area contributed by atoms with Crippen molar-refractivity contribution in [3.8, 4) is 5.75 Å². The van der Waals surface area contributed by atoms with E-state index in [9.17, 15) is 0 Å². The molecule has 1 N–H and O–H groups in total. The Kier molecular flexibility index (Phi) is 6.84. The van der Waals surface area contributed by atoms with Gasteiger partial charge >= 0.3 is 0 Å². The summed E-state index contributed by atoms with van der Waals surface area (Å²) in [5.74, 6) is 1.78. The number of aliphatic imine (C=N–C) groups is 1. The van der Waals surface area contributed by atoms with Gasteiger partial charge in [0.25, 0.3) is 0 Å². The highest BCUT2D eigenvalue weighted by molar-refractivity contribution is 5.82. The molecule has 0 aliphatic heterocycles. The molecule has 1 aromatic heterocycles. The molecule has 0 unspecified atom stereocenters. The molecule has 5 nitrogen and oxygen atoms in total. The van der Waals surface area contributed by atoms with E-state index in [4.69, 9.17) is 4.74 Å². The Balaban J connectivity index is 1.56. The second kappa shape index (κ2) is 9.74. The van der Waals surface area contributed by atoms with Crippen molar-refractivity contribution in [1.29, 1.82) is 0 Å². The van der Waals surface area contributed by atoms with Crippen molar-refractivity contribution >= 4 is 16.9 Å². The summed E-state index contributed by atoms with van der Waals surface area (Å²) in [5, 5.41) is 4.64. The molecule has 1 heterocycles. The van der Waals surface area contributed by atoms with Crippen LogP contribution in [-0.2, 0) is 13.0 Å². The molecule has 0 bridgehead atoms. The summed E-state index contributed by atoms with van der Waals surface area (Å²) in [6.07, 6.45) is 2.74. The molecule has 0 radical (unpaired) electrons. The highest BCUT2D eigenvalue weighted by atomic mass is 16.5. The van der Waals surface area contributed by atoms with Crippen LogP contribution in [0.4, 0.5) is 0 Å².